The van der Waals surface area contributed by atoms with Gasteiger partial charge in [-0.05, 0) is 31.7 Å². The van der Waals surface area contributed by atoms with Crippen LogP contribution < -0.4 is 0 Å². The van der Waals surface area contributed by atoms with Gasteiger partial charge in [0, 0.05) is 6.54 Å². The van der Waals surface area contributed by atoms with Crippen LogP contribution in [0, 0.1) is 0 Å². The monoisotopic (exact) mass is 209 g/mol. The Kier molecular flexibility index (Phi) is 3.68. The molecule has 0 saturated carbocycles. The number of benzene rings is 1. The number of phenolic OH excluding ortho intramolecular Hbond substituents is 1. The van der Waals surface area contributed by atoms with Gasteiger partial charge in [-0.15, -0.1) is 0 Å². The van der Waals surface area contributed by atoms with E-state index in [0.29, 0.717) is 6.54 Å². The highest BCUT2D eigenvalue weighted by Crippen LogP contribution is 2.12. The van der Waals surface area contributed by atoms with Crippen LogP contribution in [0.25, 0.3) is 0 Å². The first-order valence-electron chi connectivity index (χ1n) is 4.71. The summed E-state index contributed by atoms with van der Waals surface area (Å²) in [6, 6.07) is 6.23. The number of carboxylic acids is 1. The number of likely N-dealkylation sites (N-methyl/N-ethyl adjacent to an activating group) is 1. The molecule has 15 heavy (non-hydrogen) atoms. The highest BCUT2D eigenvalue weighted by atomic mass is 16.4. The Balaban J connectivity index is 2.62. The molecule has 0 bridgehead atoms. The van der Waals surface area contributed by atoms with Gasteiger partial charge in [-0.1, -0.05) is 12.1 Å². The van der Waals surface area contributed by atoms with Crippen molar-refractivity contribution in [3.63, 3.8) is 0 Å². The molecule has 0 radical (unpaired) electrons. The molecule has 4 nitrogen and oxygen atoms in total. The second-order valence-electron chi connectivity index (χ2n) is 3.60. The molecule has 0 fully saturated rings. The van der Waals surface area contributed by atoms with E-state index in [2.05, 4.69) is 0 Å². The van der Waals surface area contributed by atoms with Crippen LogP contribution >= 0.6 is 0 Å². The summed E-state index contributed by atoms with van der Waals surface area (Å²) >= 11 is 0. The average molecular weight is 209 g/mol. The minimum Gasteiger partial charge on any atom is -0.508 e. The van der Waals surface area contributed by atoms with E-state index in [0.717, 1.165) is 5.56 Å². The van der Waals surface area contributed by atoms with E-state index in [4.69, 9.17) is 10.2 Å². The Labute approximate surface area is 88.8 Å². The molecule has 1 unspecified atom stereocenters. The molecular weight excluding hydrogens is 194 g/mol. The van der Waals surface area contributed by atoms with Crippen molar-refractivity contribution in [3.8, 4) is 5.75 Å². The first kappa shape index (κ1) is 11.5. The Morgan fingerprint density at radius 3 is 2.40 bits per heavy atom. The summed E-state index contributed by atoms with van der Waals surface area (Å²) < 4.78 is 0. The van der Waals surface area contributed by atoms with Crippen molar-refractivity contribution in [1.29, 1.82) is 0 Å². The molecule has 0 aromatic heterocycles. The van der Waals surface area contributed by atoms with Gasteiger partial charge in [0.1, 0.15) is 11.8 Å². The number of carbonyl (C=O) groups is 1. The van der Waals surface area contributed by atoms with Crippen molar-refractivity contribution in [2.24, 2.45) is 0 Å². The quantitative estimate of drug-likeness (QED) is 0.784. The molecule has 4 heteroatoms. The molecular formula is C11H15NO3. The Hall–Kier alpha value is -1.55. The van der Waals surface area contributed by atoms with Gasteiger partial charge in [-0.25, -0.2) is 0 Å². The first-order valence-corrected chi connectivity index (χ1v) is 4.71. The van der Waals surface area contributed by atoms with Gasteiger partial charge in [0.15, 0.2) is 0 Å². The molecule has 0 aliphatic heterocycles. The van der Waals surface area contributed by atoms with Gasteiger partial charge in [0.2, 0.25) is 0 Å². The van der Waals surface area contributed by atoms with Gasteiger partial charge in [-0.3, -0.25) is 9.69 Å². The van der Waals surface area contributed by atoms with Crippen molar-refractivity contribution in [2.75, 3.05) is 7.05 Å². The van der Waals surface area contributed by atoms with Gasteiger partial charge >= 0.3 is 5.97 Å². The van der Waals surface area contributed by atoms with E-state index in [1.54, 1.807) is 43.1 Å². The lowest BCUT2D eigenvalue weighted by Gasteiger charge is -2.20. The standard InChI is InChI=1S/C11H15NO3/c1-8(11(14)15)12(2)7-9-3-5-10(13)6-4-9/h3-6,8,13H,7H2,1-2H3,(H,14,15). The van der Waals surface area contributed by atoms with Crippen molar-refractivity contribution < 1.29 is 15.0 Å². The predicted octanol–water partition coefficient (Wildman–Crippen LogP) is 1.30. The molecule has 1 aromatic carbocycles. The Morgan fingerprint density at radius 2 is 1.93 bits per heavy atom. The molecule has 1 aromatic rings. The minimum absolute atomic E-state index is 0.215. The molecule has 0 aliphatic rings. The maximum Gasteiger partial charge on any atom is 0.320 e. The van der Waals surface area contributed by atoms with Gasteiger partial charge < -0.3 is 10.2 Å². The smallest absolute Gasteiger partial charge is 0.320 e. The Morgan fingerprint density at radius 1 is 1.40 bits per heavy atom. The molecule has 0 heterocycles. The van der Waals surface area contributed by atoms with Crippen LogP contribution in [0.2, 0.25) is 0 Å². The highest BCUT2D eigenvalue weighted by Gasteiger charge is 2.16. The predicted molar refractivity (Wildman–Crippen MR) is 56.7 cm³/mol. The normalized spacial score (nSPS) is 12.7. The van der Waals surface area contributed by atoms with Crippen LogP contribution in [0.4, 0.5) is 0 Å². The molecule has 82 valence electrons. The van der Waals surface area contributed by atoms with E-state index in [-0.39, 0.29) is 5.75 Å². The lowest BCUT2D eigenvalue weighted by Crippen LogP contribution is -2.35. The number of rotatable bonds is 4. The topological polar surface area (TPSA) is 60.8 Å². The van der Waals surface area contributed by atoms with Crippen LogP contribution in [0.15, 0.2) is 24.3 Å². The maximum absolute atomic E-state index is 10.7. The van der Waals surface area contributed by atoms with E-state index in [1.165, 1.54) is 0 Å². The molecule has 0 spiro atoms. The van der Waals surface area contributed by atoms with Crippen molar-refractivity contribution in [3.05, 3.63) is 29.8 Å². The van der Waals surface area contributed by atoms with Crippen molar-refractivity contribution in [1.82, 2.24) is 4.90 Å². The number of nitrogens with zero attached hydrogens (tertiary/aromatic N) is 1. The number of phenols is 1. The minimum atomic E-state index is -0.837. The van der Waals surface area contributed by atoms with Gasteiger partial charge in [0.25, 0.3) is 0 Å². The lowest BCUT2D eigenvalue weighted by atomic mass is 10.2. The number of aromatic hydroxyl groups is 1. The number of hydrogen-bond acceptors (Lipinski definition) is 3. The fraction of sp³-hybridized carbons (Fsp3) is 0.364. The zero-order valence-corrected chi connectivity index (χ0v) is 8.84. The second-order valence-corrected chi connectivity index (χ2v) is 3.60. The molecule has 1 rings (SSSR count). The third-order valence-electron chi connectivity index (χ3n) is 2.39. The highest BCUT2D eigenvalue weighted by molar-refractivity contribution is 5.72. The fourth-order valence-electron chi connectivity index (χ4n) is 1.21. The number of aliphatic carboxylic acids is 1. The van der Waals surface area contributed by atoms with Gasteiger partial charge in [-0.2, -0.15) is 0 Å². The molecule has 0 saturated heterocycles. The molecule has 1 atom stereocenters. The van der Waals surface area contributed by atoms with E-state index in [1.807, 2.05) is 0 Å². The summed E-state index contributed by atoms with van der Waals surface area (Å²) in [4.78, 5) is 12.4. The van der Waals surface area contributed by atoms with E-state index < -0.39 is 12.0 Å². The molecule has 0 aliphatic carbocycles. The van der Waals surface area contributed by atoms with E-state index in [9.17, 15) is 4.79 Å². The summed E-state index contributed by atoms with van der Waals surface area (Å²) in [5, 5.41) is 17.9. The average Bonchev–Trinajstić information content (AvgIpc) is 2.20. The van der Waals surface area contributed by atoms with Crippen molar-refractivity contribution >= 4 is 5.97 Å². The summed E-state index contributed by atoms with van der Waals surface area (Å²) in [7, 11) is 1.76. The summed E-state index contributed by atoms with van der Waals surface area (Å²) in [5.74, 6) is -0.621. The van der Waals surface area contributed by atoms with Crippen LogP contribution in [0.5, 0.6) is 5.75 Å². The largest absolute Gasteiger partial charge is 0.508 e. The number of carboxylic acid groups (broad SMARTS) is 1. The van der Waals surface area contributed by atoms with Gasteiger partial charge in [0.05, 0.1) is 0 Å². The Bertz CT molecular complexity index is 334. The van der Waals surface area contributed by atoms with Crippen LogP contribution in [0.1, 0.15) is 12.5 Å². The van der Waals surface area contributed by atoms with Crippen molar-refractivity contribution in [2.45, 2.75) is 19.5 Å². The molecule has 0 amide bonds. The first-order chi connectivity index (χ1) is 7.00. The van der Waals surface area contributed by atoms with Crippen LogP contribution in [-0.2, 0) is 11.3 Å². The zero-order chi connectivity index (χ0) is 11.4. The summed E-state index contributed by atoms with van der Waals surface area (Å²) in [6.45, 7) is 2.19. The lowest BCUT2D eigenvalue weighted by molar-refractivity contribution is -0.142. The van der Waals surface area contributed by atoms with Crippen LogP contribution in [-0.4, -0.2) is 34.2 Å². The zero-order valence-electron chi connectivity index (χ0n) is 8.84. The second kappa shape index (κ2) is 4.79. The number of hydrogen-bond donors (Lipinski definition) is 2. The maximum atomic E-state index is 10.7. The SMILES string of the molecule is CC(C(=O)O)N(C)Cc1ccc(O)cc1. The third kappa shape index (κ3) is 3.25. The third-order valence-corrected chi connectivity index (χ3v) is 2.39. The summed E-state index contributed by atoms with van der Waals surface area (Å²) in [6.07, 6.45) is 0. The molecule has 2 N–H and O–H groups in total. The van der Waals surface area contributed by atoms with Crippen LogP contribution in [0.3, 0.4) is 0 Å². The van der Waals surface area contributed by atoms with E-state index >= 15 is 0 Å². The summed E-state index contributed by atoms with van der Waals surface area (Å²) in [5.41, 5.74) is 0.975. The fourth-order valence-corrected chi connectivity index (χ4v) is 1.21.